The van der Waals surface area contributed by atoms with Gasteiger partial charge in [0.1, 0.15) is 0 Å². The van der Waals surface area contributed by atoms with Gasteiger partial charge in [-0.3, -0.25) is 9.52 Å². The summed E-state index contributed by atoms with van der Waals surface area (Å²) in [5, 5.41) is 0. The van der Waals surface area contributed by atoms with Crippen molar-refractivity contribution in [2.45, 2.75) is 26.3 Å². The summed E-state index contributed by atoms with van der Waals surface area (Å²) in [5.74, 6) is 1.18. The lowest BCUT2D eigenvalue weighted by atomic mass is 9.84. The molecule has 0 aromatic heterocycles. The number of hydrogen-bond donors (Lipinski definition) is 1. The minimum atomic E-state index is -3.37. The smallest absolute Gasteiger partial charge is 0.232 e. The molecule has 8 heteroatoms. The van der Waals surface area contributed by atoms with Crippen molar-refractivity contribution in [2.24, 2.45) is 0 Å². The molecule has 1 N–H and O–H groups in total. The van der Waals surface area contributed by atoms with Crippen LogP contribution in [0.3, 0.4) is 0 Å². The van der Waals surface area contributed by atoms with Crippen LogP contribution >= 0.6 is 0 Å². The lowest BCUT2D eigenvalue weighted by molar-refractivity contribution is -0.129. The van der Waals surface area contributed by atoms with Gasteiger partial charge in [0.2, 0.25) is 15.9 Å². The van der Waals surface area contributed by atoms with E-state index in [-0.39, 0.29) is 17.6 Å². The Balaban J connectivity index is 2.05. The first-order valence-corrected chi connectivity index (χ1v) is 11.0. The average molecular weight is 419 g/mol. The van der Waals surface area contributed by atoms with E-state index in [1.165, 1.54) is 0 Å². The Morgan fingerprint density at radius 1 is 1.14 bits per heavy atom. The van der Waals surface area contributed by atoms with Crippen LogP contribution in [0.4, 0.5) is 5.69 Å². The zero-order valence-electron chi connectivity index (χ0n) is 17.1. The van der Waals surface area contributed by atoms with Gasteiger partial charge in [0.15, 0.2) is 11.5 Å². The van der Waals surface area contributed by atoms with Crippen LogP contribution in [0, 0.1) is 0 Å². The second-order valence-corrected chi connectivity index (χ2v) is 9.00. The first kappa shape index (κ1) is 21.0. The second kappa shape index (κ2) is 8.32. The van der Waals surface area contributed by atoms with Gasteiger partial charge in [-0.25, -0.2) is 8.42 Å². The Hall–Kier alpha value is -2.74. The zero-order chi connectivity index (χ0) is 21.2. The standard InChI is InChI=1S/C21H26N2O5S/c1-5-29(25,26)22-17-7-8-18-16(10-17)12-23(14(2)24)13-19(18)15-6-9-20(27-3)21(11-15)28-4/h6-11,19,22H,5,12-13H2,1-4H3. The molecule has 29 heavy (non-hydrogen) atoms. The molecule has 0 saturated carbocycles. The first-order chi connectivity index (χ1) is 13.8. The number of methoxy groups -OCH3 is 2. The number of sulfonamides is 1. The van der Waals surface area contributed by atoms with Gasteiger partial charge in [-0.2, -0.15) is 0 Å². The van der Waals surface area contributed by atoms with Crippen LogP contribution in [-0.2, 0) is 21.4 Å². The first-order valence-electron chi connectivity index (χ1n) is 9.38. The third kappa shape index (κ3) is 4.48. The molecule has 0 saturated heterocycles. The van der Waals surface area contributed by atoms with Crippen molar-refractivity contribution in [2.75, 3.05) is 31.2 Å². The van der Waals surface area contributed by atoms with E-state index in [2.05, 4.69) is 4.72 Å². The molecular weight excluding hydrogens is 392 g/mol. The van der Waals surface area contributed by atoms with Crippen LogP contribution in [0.15, 0.2) is 36.4 Å². The van der Waals surface area contributed by atoms with Crippen LogP contribution < -0.4 is 14.2 Å². The van der Waals surface area contributed by atoms with Crippen LogP contribution in [0.5, 0.6) is 11.5 Å². The van der Waals surface area contributed by atoms with Gasteiger partial charge in [-0.1, -0.05) is 12.1 Å². The fraction of sp³-hybridized carbons (Fsp3) is 0.381. The normalized spacial score (nSPS) is 16.1. The molecule has 2 aromatic rings. The number of nitrogens with one attached hydrogen (secondary N) is 1. The van der Waals surface area contributed by atoms with Gasteiger partial charge < -0.3 is 14.4 Å². The van der Waals surface area contributed by atoms with Gasteiger partial charge in [0, 0.05) is 31.6 Å². The largest absolute Gasteiger partial charge is 0.493 e. The van der Waals surface area contributed by atoms with Crippen LogP contribution in [0.25, 0.3) is 0 Å². The number of nitrogens with zero attached hydrogens (tertiary/aromatic N) is 1. The molecule has 0 fully saturated rings. The number of amides is 1. The molecule has 0 aliphatic carbocycles. The van der Waals surface area contributed by atoms with E-state index in [4.69, 9.17) is 9.47 Å². The van der Waals surface area contributed by atoms with Crippen molar-refractivity contribution >= 4 is 21.6 Å². The highest BCUT2D eigenvalue weighted by Gasteiger charge is 2.29. The van der Waals surface area contributed by atoms with Gasteiger partial charge in [0.25, 0.3) is 0 Å². The van der Waals surface area contributed by atoms with Gasteiger partial charge in [-0.05, 0) is 47.9 Å². The average Bonchev–Trinajstić information content (AvgIpc) is 2.71. The van der Waals surface area contributed by atoms with Crippen molar-refractivity contribution < 1.29 is 22.7 Å². The molecule has 2 aromatic carbocycles. The summed E-state index contributed by atoms with van der Waals surface area (Å²) in [6, 6.07) is 11.2. The highest BCUT2D eigenvalue weighted by molar-refractivity contribution is 7.92. The molecule has 0 bridgehead atoms. The van der Waals surface area contributed by atoms with E-state index >= 15 is 0 Å². The van der Waals surface area contributed by atoms with Gasteiger partial charge in [0.05, 0.1) is 20.0 Å². The number of hydrogen-bond acceptors (Lipinski definition) is 5. The quantitative estimate of drug-likeness (QED) is 0.780. The van der Waals surface area contributed by atoms with Crippen LogP contribution in [0.2, 0.25) is 0 Å². The number of anilines is 1. The Morgan fingerprint density at radius 3 is 2.48 bits per heavy atom. The maximum absolute atomic E-state index is 12.1. The molecule has 1 atom stereocenters. The third-order valence-electron chi connectivity index (χ3n) is 5.19. The SMILES string of the molecule is CCS(=O)(=O)Nc1ccc2c(c1)CN(C(C)=O)CC2c1ccc(OC)c(OC)c1. The summed E-state index contributed by atoms with van der Waals surface area (Å²) >= 11 is 0. The predicted octanol–water partition coefficient (Wildman–Crippen LogP) is 2.96. The third-order valence-corrected chi connectivity index (χ3v) is 6.50. The van der Waals surface area contributed by atoms with E-state index in [0.717, 1.165) is 16.7 Å². The van der Waals surface area contributed by atoms with E-state index in [1.807, 2.05) is 30.3 Å². The highest BCUT2D eigenvalue weighted by atomic mass is 32.2. The van der Waals surface area contributed by atoms with E-state index in [1.54, 1.807) is 39.0 Å². The summed E-state index contributed by atoms with van der Waals surface area (Å²) in [4.78, 5) is 13.9. The number of carbonyl (C=O) groups is 1. The molecule has 0 spiro atoms. The van der Waals surface area contributed by atoms with Crippen molar-refractivity contribution in [1.82, 2.24) is 4.90 Å². The molecule has 1 amide bonds. The number of carbonyl (C=O) groups excluding carboxylic acids is 1. The molecule has 1 aliphatic rings. The van der Waals surface area contributed by atoms with Crippen LogP contribution in [0.1, 0.15) is 36.5 Å². The minimum absolute atomic E-state index is 0.00206. The highest BCUT2D eigenvalue weighted by Crippen LogP contribution is 2.38. The Bertz CT molecular complexity index is 1020. The Kier molecular flexibility index (Phi) is 6.02. The van der Waals surface area contributed by atoms with Crippen molar-refractivity contribution in [1.29, 1.82) is 0 Å². The number of ether oxygens (including phenoxy) is 2. The minimum Gasteiger partial charge on any atom is -0.493 e. The number of benzene rings is 2. The fourth-order valence-electron chi connectivity index (χ4n) is 3.58. The van der Waals surface area contributed by atoms with Crippen molar-refractivity contribution in [3.05, 3.63) is 53.1 Å². The maximum atomic E-state index is 12.1. The monoisotopic (exact) mass is 418 g/mol. The predicted molar refractivity (Wildman–Crippen MR) is 112 cm³/mol. The lowest BCUT2D eigenvalue weighted by Crippen LogP contribution is -2.37. The Labute approximate surface area is 171 Å². The van der Waals surface area contributed by atoms with Gasteiger partial charge in [-0.15, -0.1) is 0 Å². The maximum Gasteiger partial charge on any atom is 0.232 e. The summed E-state index contributed by atoms with van der Waals surface area (Å²) < 4.78 is 37.2. The molecule has 1 heterocycles. The van der Waals surface area contributed by atoms with Crippen molar-refractivity contribution in [3.63, 3.8) is 0 Å². The topological polar surface area (TPSA) is 84.9 Å². The fourth-order valence-corrected chi connectivity index (χ4v) is 4.21. The van der Waals surface area contributed by atoms with E-state index < -0.39 is 10.0 Å². The van der Waals surface area contributed by atoms with Gasteiger partial charge >= 0.3 is 0 Å². The number of rotatable bonds is 6. The molecule has 0 radical (unpaired) electrons. The van der Waals surface area contributed by atoms with E-state index in [9.17, 15) is 13.2 Å². The van der Waals surface area contributed by atoms with Crippen LogP contribution in [-0.4, -0.2) is 45.7 Å². The Morgan fingerprint density at radius 2 is 1.86 bits per heavy atom. The molecular formula is C21H26N2O5S. The number of fused-ring (bicyclic) bond motifs is 1. The summed E-state index contributed by atoms with van der Waals surface area (Å²) in [5.41, 5.74) is 3.48. The van der Waals surface area contributed by atoms with Crippen molar-refractivity contribution in [3.8, 4) is 11.5 Å². The lowest BCUT2D eigenvalue weighted by Gasteiger charge is -2.35. The molecule has 7 nitrogen and oxygen atoms in total. The molecule has 3 rings (SSSR count). The summed E-state index contributed by atoms with van der Waals surface area (Å²) in [6.45, 7) is 4.11. The van der Waals surface area contributed by atoms with E-state index in [0.29, 0.717) is 30.3 Å². The molecule has 156 valence electrons. The molecule has 1 unspecified atom stereocenters. The zero-order valence-corrected chi connectivity index (χ0v) is 17.9. The summed E-state index contributed by atoms with van der Waals surface area (Å²) in [6.07, 6.45) is 0. The summed E-state index contributed by atoms with van der Waals surface area (Å²) in [7, 11) is -0.197. The second-order valence-electron chi connectivity index (χ2n) is 6.99. The molecule has 1 aliphatic heterocycles.